The average molecular weight is 398 g/mol. The number of nitrogens with one attached hydrogen (secondary N) is 1. The van der Waals surface area contributed by atoms with Crippen molar-refractivity contribution in [3.63, 3.8) is 0 Å². The van der Waals surface area contributed by atoms with Crippen LogP contribution in [-0.4, -0.2) is 19.6 Å². The number of anilines is 1. The Balaban J connectivity index is 2.05. The zero-order valence-electron chi connectivity index (χ0n) is 12.6. The number of amides is 1. The molecule has 0 aliphatic heterocycles. The molecule has 0 aromatic heterocycles. The summed E-state index contributed by atoms with van der Waals surface area (Å²) in [6, 6.07) is 11.5. The summed E-state index contributed by atoms with van der Waals surface area (Å²) in [7, 11) is 1.35. The minimum atomic E-state index is -2.93. The molecule has 0 unspecified atom stereocenters. The smallest absolute Gasteiger partial charge is 0.387 e. The van der Waals surface area contributed by atoms with Crippen LogP contribution in [0.4, 0.5) is 14.5 Å². The number of hydrogen-bond donors (Lipinski definition) is 1. The van der Waals surface area contributed by atoms with Crippen LogP contribution in [0.1, 0.15) is 5.56 Å². The molecule has 7 heteroatoms. The van der Waals surface area contributed by atoms with E-state index in [1.807, 2.05) is 12.1 Å². The number of methoxy groups -OCH3 is 1. The molecule has 0 bridgehead atoms. The molecule has 2 rings (SSSR count). The van der Waals surface area contributed by atoms with Crippen molar-refractivity contribution in [2.45, 2.75) is 6.61 Å². The highest BCUT2D eigenvalue weighted by Crippen LogP contribution is 2.29. The van der Waals surface area contributed by atoms with Crippen LogP contribution in [0.2, 0.25) is 0 Å². The van der Waals surface area contributed by atoms with Crippen LogP contribution in [0.25, 0.3) is 6.08 Å². The molecule has 2 aromatic rings. The van der Waals surface area contributed by atoms with Crippen LogP contribution in [0.15, 0.2) is 53.0 Å². The summed E-state index contributed by atoms with van der Waals surface area (Å²) < 4.78 is 34.8. The highest BCUT2D eigenvalue weighted by molar-refractivity contribution is 9.10. The Morgan fingerprint density at radius 1 is 1.17 bits per heavy atom. The number of rotatable bonds is 6. The first-order chi connectivity index (χ1) is 11.5. The Labute approximate surface area is 146 Å². The number of hydrogen-bond acceptors (Lipinski definition) is 3. The van der Waals surface area contributed by atoms with Gasteiger partial charge >= 0.3 is 6.61 Å². The highest BCUT2D eigenvalue weighted by Gasteiger charge is 2.10. The van der Waals surface area contributed by atoms with E-state index in [-0.39, 0.29) is 17.4 Å². The van der Waals surface area contributed by atoms with E-state index < -0.39 is 6.61 Å². The van der Waals surface area contributed by atoms with Crippen LogP contribution < -0.4 is 14.8 Å². The summed E-state index contributed by atoms with van der Waals surface area (Å²) >= 11 is 3.31. The van der Waals surface area contributed by atoms with Gasteiger partial charge in [-0.1, -0.05) is 22.0 Å². The molecule has 0 spiro atoms. The summed E-state index contributed by atoms with van der Waals surface area (Å²) in [4.78, 5) is 11.9. The molecule has 1 amide bonds. The predicted molar refractivity (Wildman–Crippen MR) is 91.4 cm³/mol. The minimum Gasteiger partial charge on any atom is -0.493 e. The Hall–Kier alpha value is -2.41. The largest absolute Gasteiger partial charge is 0.493 e. The lowest BCUT2D eigenvalue weighted by Crippen LogP contribution is -2.07. The topological polar surface area (TPSA) is 47.6 Å². The van der Waals surface area contributed by atoms with E-state index in [4.69, 9.17) is 4.74 Å². The molecule has 1 N–H and O–H groups in total. The van der Waals surface area contributed by atoms with Crippen molar-refractivity contribution in [1.29, 1.82) is 0 Å². The maximum absolute atomic E-state index is 12.3. The maximum atomic E-state index is 12.3. The van der Waals surface area contributed by atoms with Gasteiger partial charge < -0.3 is 14.8 Å². The van der Waals surface area contributed by atoms with Gasteiger partial charge in [-0.2, -0.15) is 8.78 Å². The summed E-state index contributed by atoms with van der Waals surface area (Å²) in [6.07, 6.45) is 2.88. The van der Waals surface area contributed by atoms with Crippen molar-refractivity contribution in [1.82, 2.24) is 0 Å². The zero-order chi connectivity index (χ0) is 17.5. The van der Waals surface area contributed by atoms with Gasteiger partial charge in [0, 0.05) is 16.2 Å². The molecule has 0 saturated carbocycles. The van der Waals surface area contributed by atoms with Crippen molar-refractivity contribution >= 4 is 33.6 Å². The molecule has 0 fully saturated rings. The molecule has 0 heterocycles. The third-order valence-electron chi connectivity index (χ3n) is 2.94. The fourth-order valence-electron chi connectivity index (χ4n) is 1.87. The predicted octanol–water partition coefficient (Wildman–Crippen LogP) is 4.71. The van der Waals surface area contributed by atoms with E-state index in [2.05, 4.69) is 26.0 Å². The van der Waals surface area contributed by atoms with Gasteiger partial charge in [-0.05, 0) is 48.0 Å². The van der Waals surface area contributed by atoms with E-state index in [0.29, 0.717) is 11.3 Å². The lowest BCUT2D eigenvalue weighted by atomic mass is 10.2. The fraction of sp³-hybridized carbons (Fsp3) is 0.118. The van der Waals surface area contributed by atoms with Crippen molar-refractivity contribution in [2.75, 3.05) is 12.4 Å². The molecule has 126 valence electrons. The quantitative estimate of drug-likeness (QED) is 0.717. The zero-order valence-corrected chi connectivity index (χ0v) is 14.2. The van der Waals surface area contributed by atoms with E-state index in [0.717, 1.165) is 4.47 Å². The molecule has 0 atom stereocenters. The monoisotopic (exact) mass is 397 g/mol. The lowest BCUT2D eigenvalue weighted by molar-refractivity contribution is -0.111. The molecule has 0 radical (unpaired) electrons. The van der Waals surface area contributed by atoms with Gasteiger partial charge in [0.25, 0.3) is 0 Å². The average Bonchev–Trinajstić information content (AvgIpc) is 2.55. The second-order valence-corrected chi connectivity index (χ2v) is 5.53. The Kier molecular flexibility index (Phi) is 6.31. The Bertz CT molecular complexity index is 733. The number of halogens is 3. The third kappa shape index (κ3) is 5.34. The summed E-state index contributed by atoms with van der Waals surface area (Å²) in [5, 5.41) is 2.70. The van der Waals surface area contributed by atoms with E-state index in [1.165, 1.54) is 25.3 Å². The molecule has 24 heavy (non-hydrogen) atoms. The number of ether oxygens (including phenoxy) is 2. The number of carbonyl (C=O) groups is 1. The second-order valence-electron chi connectivity index (χ2n) is 4.62. The third-order valence-corrected chi connectivity index (χ3v) is 3.47. The molecule has 0 aliphatic rings. The number of alkyl halides is 2. The Morgan fingerprint density at radius 3 is 2.50 bits per heavy atom. The number of carbonyl (C=O) groups excluding carboxylic acids is 1. The first-order valence-corrected chi connectivity index (χ1v) is 7.64. The van der Waals surface area contributed by atoms with Crippen LogP contribution in [0.3, 0.4) is 0 Å². The van der Waals surface area contributed by atoms with Gasteiger partial charge in [0.05, 0.1) is 7.11 Å². The minimum absolute atomic E-state index is 0.0658. The van der Waals surface area contributed by atoms with E-state index in [9.17, 15) is 13.6 Å². The molecule has 4 nitrogen and oxygen atoms in total. The van der Waals surface area contributed by atoms with Gasteiger partial charge in [-0.15, -0.1) is 0 Å². The molecular weight excluding hydrogens is 384 g/mol. The van der Waals surface area contributed by atoms with Gasteiger partial charge in [-0.3, -0.25) is 4.79 Å². The summed E-state index contributed by atoms with van der Waals surface area (Å²) in [5.74, 6) is -0.223. The highest BCUT2D eigenvalue weighted by atomic mass is 79.9. The van der Waals surface area contributed by atoms with Crippen molar-refractivity contribution in [3.8, 4) is 11.5 Å². The fourth-order valence-corrected chi connectivity index (χ4v) is 2.13. The summed E-state index contributed by atoms with van der Waals surface area (Å²) in [5.41, 5.74) is 1.27. The SMILES string of the molecule is COc1cc(C=CC(=O)Nc2ccc(Br)cc2)ccc1OC(F)F. The first-order valence-electron chi connectivity index (χ1n) is 6.85. The summed E-state index contributed by atoms with van der Waals surface area (Å²) in [6.45, 7) is -2.93. The van der Waals surface area contributed by atoms with Gasteiger partial charge in [0.1, 0.15) is 0 Å². The Morgan fingerprint density at radius 2 is 1.88 bits per heavy atom. The van der Waals surface area contributed by atoms with Gasteiger partial charge in [0.15, 0.2) is 11.5 Å². The molecular formula is C17H14BrF2NO3. The van der Waals surface area contributed by atoms with Crippen molar-refractivity contribution < 1.29 is 23.0 Å². The van der Waals surface area contributed by atoms with Crippen LogP contribution in [0, 0.1) is 0 Å². The van der Waals surface area contributed by atoms with Crippen molar-refractivity contribution in [2.24, 2.45) is 0 Å². The number of benzene rings is 2. The second kappa shape index (κ2) is 8.44. The molecule has 0 aliphatic carbocycles. The first kappa shape index (κ1) is 17.9. The van der Waals surface area contributed by atoms with E-state index >= 15 is 0 Å². The van der Waals surface area contributed by atoms with E-state index in [1.54, 1.807) is 24.3 Å². The lowest BCUT2D eigenvalue weighted by Gasteiger charge is -2.10. The van der Waals surface area contributed by atoms with Gasteiger partial charge in [-0.25, -0.2) is 0 Å². The van der Waals surface area contributed by atoms with Crippen LogP contribution in [0.5, 0.6) is 11.5 Å². The standard InChI is InChI=1S/C17H14BrF2NO3/c1-23-15-10-11(2-8-14(15)24-17(19)20)3-9-16(22)21-13-6-4-12(18)5-7-13/h2-10,17H,1H3,(H,21,22). The maximum Gasteiger partial charge on any atom is 0.387 e. The van der Waals surface area contributed by atoms with Crippen LogP contribution in [-0.2, 0) is 4.79 Å². The normalized spacial score (nSPS) is 10.9. The van der Waals surface area contributed by atoms with Crippen molar-refractivity contribution in [3.05, 3.63) is 58.6 Å². The van der Waals surface area contributed by atoms with Crippen LogP contribution >= 0.6 is 15.9 Å². The van der Waals surface area contributed by atoms with Gasteiger partial charge in [0.2, 0.25) is 5.91 Å². The molecule has 0 saturated heterocycles. The molecule has 2 aromatic carbocycles.